The van der Waals surface area contributed by atoms with Crippen molar-refractivity contribution >= 4 is 15.7 Å². The minimum atomic E-state index is -3.58. The lowest BCUT2D eigenvalue weighted by Crippen LogP contribution is -2.49. The average molecular weight is 324 g/mol. The Bertz CT molecular complexity index is 767. The molecule has 0 bridgehead atoms. The number of imidazole rings is 1. The second-order valence-electron chi connectivity index (χ2n) is 5.22. The van der Waals surface area contributed by atoms with E-state index in [1.165, 1.54) is 22.9 Å². The van der Waals surface area contributed by atoms with Crippen molar-refractivity contribution in [1.29, 1.82) is 0 Å². The molecule has 8 heteroatoms. The van der Waals surface area contributed by atoms with Crippen LogP contribution in [0.1, 0.15) is 0 Å². The second kappa shape index (κ2) is 5.69. The lowest BCUT2D eigenvalue weighted by atomic mass is 10.2. The summed E-state index contributed by atoms with van der Waals surface area (Å²) >= 11 is 0. The van der Waals surface area contributed by atoms with Gasteiger partial charge in [0.25, 0.3) is 10.0 Å². The number of nitrogens with zero attached hydrogens (tertiary/aromatic N) is 4. The highest BCUT2D eigenvalue weighted by atomic mass is 32.2. The highest BCUT2D eigenvalue weighted by Crippen LogP contribution is 2.22. The molecule has 2 aromatic rings. The minimum Gasteiger partial charge on any atom is -0.367 e. The van der Waals surface area contributed by atoms with Gasteiger partial charge in [-0.05, 0) is 12.1 Å². The number of hydrogen-bond acceptors (Lipinski definition) is 4. The number of anilines is 1. The molecular formula is C14H17FN4O2S. The first kappa shape index (κ1) is 15.0. The number of benzene rings is 1. The lowest BCUT2D eigenvalue weighted by molar-refractivity contribution is 0.382. The van der Waals surface area contributed by atoms with E-state index in [9.17, 15) is 12.8 Å². The molecule has 1 fully saturated rings. The molecular weight excluding hydrogens is 307 g/mol. The Kier molecular flexibility index (Phi) is 3.88. The highest BCUT2D eigenvalue weighted by Gasteiger charge is 2.30. The van der Waals surface area contributed by atoms with Gasteiger partial charge in [-0.25, -0.2) is 17.8 Å². The van der Waals surface area contributed by atoms with Crippen LogP contribution in [0, 0.1) is 5.82 Å². The zero-order valence-electron chi connectivity index (χ0n) is 12.2. The molecule has 1 aliphatic rings. The van der Waals surface area contributed by atoms with Crippen LogP contribution < -0.4 is 4.90 Å². The second-order valence-corrected chi connectivity index (χ2v) is 7.10. The van der Waals surface area contributed by atoms with Crippen LogP contribution in [0.25, 0.3) is 0 Å². The van der Waals surface area contributed by atoms with Crippen molar-refractivity contribution in [1.82, 2.24) is 13.9 Å². The van der Waals surface area contributed by atoms with Crippen LogP contribution in [-0.4, -0.2) is 48.5 Å². The average Bonchev–Trinajstić information content (AvgIpc) is 2.95. The molecule has 0 saturated carbocycles. The molecule has 0 unspecified atom stereocenters. The van der Waals surface area contributed by atoms with Gasteiger partial charge in [-0.2, -0.15) is 4.31 Å². The highest BCUT2D eigenvalue weighted by molar-refractivity contribution is 7.89. The van der Waals surface area contributed by atoms with Gasteiger partial charge >= 0.3 is 0 Å². The molecule has 22 heavy (non-hydrogen) atoms. The fourth-order valence-corrected chi connectivity index (χ4v) is 3.92. The van der Waals surface area contributed by atoms with Gasteiger partial charge in [0, 0.05) is 39.4 Å². The Hall–Kier alpha value is -1.93. The Morgan fingerprint density at radius 3 is 2.41 bits per heavy atom. The van der Waals surface area contributed by atoms with Crippen molar-refractivity contribution in [2.45, 2.75) is 5.03 Å². The van der Waals surface area contributed by atoms with Crippen LogP contribution in [0.15, 0.2) is 41.8 Å². The minimum absolute atomic E-state index is 0.0503. The Balaban J connectivity index is 1.73. The number of para-hydroxylation sites is 1. The fraction of sp³-hybridized carbons (Fsp3) is 0.357. The van der Waals surface area contributed by atoms with Crippen LogP contribution in [-0.2, 0) is 17.1 Å². The molecule has 1 aromatic carbocycles. The summed E-state index contributed by atoms with van der Waals surface area (Å²) in [6.07, 6.45) is 2.95. The van der Waals surface area contributed by atoms with Gasteiger partial charge in [-0.3, -0.25) is 0 Å². The van der Waals surface area contributed by atoms with Gasteiger partial charge in [0.05, 0.1) is 12.0 Å². The molecule has 0 amide bonds. The zero-order chi connectivity index (χ0) is 15.7. The predicted octanol–water partition coefficient (Wildman–Crippen LogP) is 1.07. The van der Waals surface area contributed by atoms with E-state index >= 15 is 0 Å². The summed E-state index contributed by atoms with van der Waals surface area (Å²) in [5.74, 6) is -0.288. The third-order valence-corrected chi connectivity index (χ3v) is 5.50. The Morgan fingerprint density at radius 2 is 1.82 bits per heavy atom. The molecule has 0 aliphatic carbocycles. The number of sulfonamides is 1. The number of halogens is 1. The van der Waals surface area contributed by atoms with Crippen molar-refractivity contribution in [2.75, 3.05) is 31.1 Å². The monoisotopic (exact) mass is 324 g/mol. The van der Waals surface area contributed by atoms with E-state index in [0.717, 1.165) is 0 Å². The maximum Gasteiger partial charge on any atom is 0.262 e. The Morgan fingerprint density at radius 1 is 1.14 bits per heavy atom. The Labute approximate surface area is 128 Å². The maximum absolute atomic E-state index is 13.8. The van der Waals surface area contributed by atoms with Crippen LogP contribution >= 0.6 is 0 Å². The van der Waals surface area contributed by atoms with E-state index in [-0.39, 0.29) is 10.8 Å². The topological polar surface area (TPSA) is 58.4 Å². The van der Waals surface area contributed by atoms with E-state index in [0.29, 0.717) is 31.9 Å². The standard InChI is InChI=1S/C14H17FN4O2S/c1-17-10-14(16-11-17)22(20,21)19-8-6-18(7-9-19)13-5-3-2-4-12(13)15/h2-5,10-11H,6-9H2,1H3. The molecule has 0 radical (unpaired) electrons. The number of rotatable bonds is 3. The molecule has 1 aromatic heterocycles. The third kappa shape index (κ3) is 2.71. The third-order valence-electron chi connectivity index (χ3n) is 3.72. The van der Waals surface area contributed by atoms with Crippen molar-refractivity contribution in [3.05, 3.63) is 42.6 Å². The normalized spacial score (nSPS) is 16.9. The first-order valence-corrected chi connectivity index (χ1v) is 8.40. The van der Waals surface area contributed by atoms with Crippen molar-refractivity contribution in [2.24, 2.45) is 7.05 Å². The molecule has 0 N–H and O–H groups in total. The molecule has 3 rings (SSSR count). The first-order valence-electron chi connectivity index (χ1n) is 6.96. The smallest absolute Gasteiger partial charge is 0.262 e. The van der Waals surface area contributed by atoms with E-state index in [4.69, 9.17) is 0 Å². The van der Waals surface area contributed by atoms with Crippen molar-refractivity contribution in [3.8, 4) is 0 Å². The van der Waals surface area contributed by atoms with Crippen LogP contribution in [0.5, 0.6) is 0 Å². The molecule has 6 nitrogen and oxygen atoms in total. The predicted molar refractivity (Wildman–Crippen MR) is 80.6 cm³/mol. The van der Waals surface area contributed by atoms with Crippen molar-refractivity contribution < 1.29 is 12.8 Å². The van der Waals surface area contributed by atoms with E-state index < -0.39 is 10.0 Å². The van der Waals surface area contributed by atoms with Gasteiger partial charge in [-0.15, -0.1) is 0 Å². The van der Waals surface area contributed by atoms with E-state index in [1.807, 2.05) is 4.90 Å². The van der Waals surface area contributed by atoms with Crippen LogP contribution in [0.2, 0.25) is 0 Å². The SMILES string of the molecule is Cn1cnc(S(=O)(=O)N2CCN(c3ccccc3F)CC2)c1. The van der Waals surface area contributed by atoms with Crippen LogP contribution in [0.3, 0.4) is 0 Å². The number of hydrogen-bond donors (Lipinski definition) is 0. The molecule has 2 heterocycles. The number of aryl methyl sites for hydroxylation is 1. The summed E-state index contributed by atoms with van der Waals surface area (Å²) in [6, 6.07) is 6.53. The lowest BCUT2D eigenvalue weighted by Gasteiger charge is -2.35. The quantitative estimate of drug-likeness (QED) is 0.847. The van der Waals surface area contributed by atoms with Crippen LogP contribution in [0.4, 0.5) is 10.1 Å². The molecule has 0 atom stereocenters. The van der Waals surface area contributed by atoms with E-state index in [1.54, 1.807) is 29.8 Å². The summed E-state index contributed by atoms with van der Waals surface area (Å²) < 4.78 is 41.7. The summed E-state index contributed by atoms with van der Waals surface area (Å²) in [5, 5.41) is 0.0503. The van der Waals surface area contributed by atoms with Gasteiger partial charge in [0.1, 0.15) is 5.82 Å². The number of piperazine rings is 1. The maximum atomic E-state index is 13.8. The van der Waals surface area contributed by atoms with E-state index in [2.05, 4.69) is 4.98 Å². The summed E-state index contributed by atoms with van der Waals surface area (Å²) in [4.78, 5) is 5.77. The molecule has 118 valence electrons. The summed E-state index contributed by atoms with van der Waals surface area (Å²) in [5.41, 5.74) is 0.511. The van der Waals surface area contributed by atoms with Gasteiger partial charge in [0.15, 0.2) is 5.03 Å². The summed E-state index contributed by atoms with van der Waals surface area (Å²) in [7, 11) is -1.85. The van der Waals surface area contributed by atoms with Gasteiger partial charge < -0.3 is 9.47 Å². The zero-order valence-corrected chi connectivity index (χ0v) is 13.0. The molecule has 0 spiro atoms. The molecule has 1 saturated heterocycles. The van der Waals surface area contributed by atoms with Crippen molar-refractivity contribution in [3.63, 3.8) is 0 Å². The first-order chi connectivity index (χ1) is 10.5. The summed E-state index contributed by atoms with van der Waals surface area (Å²) in [6.45, 7) is 1.53. The number of aromatic nitrogens is 2. The van der Waals surface area contributed by atoms with Gasteiger partial charge in [-0.1, -0.05) is 12.1 Å². The molecule has 1 aliphatic heterocycles. The largest absolute Gasteiger partial charge is 0.367 e. The van der Waals surface area contributed by atoms with Gasteiger partial charge in [0.2, 0.25) is 0 Å². The fourth-order valence-electron chi connectivity index (χ4n) is 2.53.